The van der Waals surface area contributed by atoms with Crippen LogP contribution in [0.4, 0.5) is 0 Å². The Morgan fingerprint density at radius 1 is 0.677 bits per heavy atom. The highest BCUT2D eigenvalue weighted by Crippen LogP contribution is 2.36. The number of hydrogen-bond acceptors (Lipinski definition) is 2. The highest BCUT2D eigenvalue weighted by atomic mass is 16.5. The number of fused-ring (bicyclic) bond motifs is 2. The molecule has 1 aliphatic carbocycles. The predicted molar refractivity (Wildman–Crippen MR) is 129 cm³/mol. The van der Waals surface area contributed by atoms with E-state index in [4.69, 9.17) is 9.47 Å². The molecule has 0 bridgehead atoms. The van der Waals surface area contributed by atoms with Gasteiger partial charge in [-0.25, -0.2) is 0 Å². The normalized spacial score (nSPS) is 18.6. The van der Waals surface area contributed by atoms with Crippen molar-refractivity contribution in [1.82, 2.24) is 0 Å². The first kappa shape index (κ1) is 19.9. The summed E-state index contributed by atoms with van der Waals surface area (Å²) in [5.74, 6) is 3.74. The molecule has 0 heterocycles. The first-order valence-electron chi connectivity index (χ1n) is 11.5. The van der Waals surface area contributed by atoms with Crippen LogP contribution >= 0.6 is 0 Å². The SMILES string of the molecule is CC1CCC(C(COc2ccc3ccccc3c2)COc2ccc3ccccc3c2)C1. The van der Waals surface area contributed by atoms with Crippen molar-refractivity contribution >= 4 is 21.5 Å². The summed E-state index contributed by atoms with van der Waals surface area (Å²) in [4.78, 5) is 0. The summed E-state index contributed by atoms with van der Waals surface area (Å²) in [6.45, 7) is 3.76. The van der Waals surface area contributed by atoms with Crippen LogP contribution < -0.4 is 9.47 Å². The summed E-state index contributed by atoms with van der Waals surface area (Å²) in [7, 11) is 0. The largest absolute Gasteiger partial charge is 0.493 e. The first-order chi connectivity index (χ1) is 15.2. The van der Waals surface area contributed by atoms with Crippen molar-refractivity contribution in [3.8, 4) is 11.5 Å². The summed E-state index contributed by atoms with van der Waals surface area (Å²) in [5.41, 5.74) is 0. The van der Waals surface area contributed by atoms with E-state index in [-0.39, 0.29) is 0 Å². The molecule has 0 saturated heterocycles. The number of benzene rings is 4. The van der Waals surface area contributed by atoms with Crippen LogP contribution in [0.3, 0.4) is 0 Å². The number of rotatable bonds is 7. The van der Waals surface area contributed by atoms with Gasteiger partial charge >= 0.3 is 0 Å². The second kappa shape index (κ2) is 9.01. The average Bonchev–Trinajstić information content (AvgIpc) is 3.25. The van der Waals surface area contributed by atoms with E-state index in [2.05, 4.69) is 91.9 Å². The Balaban J connectivity index is 1.28. The fourth-order valence-corrected chi connectivity index (χ4v) is 4.92. The number of ether oxygens (including phenoxy) is 2. The van der Waals surface area contributed by atoms with Gasteiger partial charge in [0.1, 0.15) is 11.5 Å². The van der Waals surface area contributed by atoms with Crippen LogP contribution in [0.2, 0.25) is 0 Å². The standard InChI is InChI=1S/C29H30O2/c1-21-10-11-26(16-21)27(19-30-28-14-12-22-6-2-4-8-24(22)17-28)20-31-29-15-13-23-7-3-5-9-25(23)18-29/h2-9,12-15,17-18,21,26-27H,10-11,16,19-20H2,1H3. The molecule has 2 heteroatoms. The second-order valence-electron chi connectivity index (χ2n) is 9.08. The lowest BCUT2D eigenvalue weighted by molar-refractivity contribution is 0.130. The van der Waals surface area contributed by atoms with E-state index in [0.717, 1.165) is 17.4 Å². The molecule has 2 unspecified atom stereocenters. The van der Waals surface area contributed by atoms with Crippen LogP contribution in [0, 0.1) is 17.8 Å². The van der Waals surface area contributed by atoms with Crippen LogP contribution in [-0.4, -0.2) is 13.2 Å². The van der Waals surface area contributed by atoms with Crippen molar-refractivity contribution in [3.63, 3.8) is 0 Å². The van der Waals surface area contributed by atoms with Gasteiger partial charge in [-0.1, -0.05) is 74.0 Å². The molecule has 158 valence electrons. The molecule has 1 aliphatic rings. The fraction of sp³-hybridized carbons (Fsp3) is 0.310. The quantitative estimate of drug-likeness (QED) is 0.314. The van der Waals surface area contributed by atoms with Crippen molar-refractivity contribution < 1.29 is 9.47 Å². The maximum Gasteiger partial charge on any atom is 0.119 e. The van der Waals surface area contributed by atoms with Crippen LogP contribution in [0.1, 0.15) is 26.2 Å². The lowest BCUT2D eigenvalue weighted by Crippen LogP contribution is -2.26. The predicted octanol–water partition coefficient (Wildman–Crippen LogP) is 7.50. The minimum Gasteiger partial charge on any atom is -0.493 e. The molecule has 0 aliphatic heterocycles. The third-order valence-electron chi connectivity index (χ3n) is 6.77. The Morgan fingerprint density at radius 2 is 1.19 bits per heavy atom. The topological polar surface area (TPSA) is 18.5 Å². The zero-order valence-corrected chi connectivity index (χ0v) is 18.2. The molecule has 0 amide bonds. The van der Waals surface area contributed by atoms with Crippen LogP contribution in [0.5, 0.6) is 11.5 Å². The second-order valence-corrected chi connectivity index (χ2v) is 9.08. The zero-order valence-electron chi connectivity index (χ0n) is 18.2. The van der Waals surface area contributed by atoms with Crippen molar-refractivity contribution in [2.24, 2.45) is 17.8 Å². The maximum atomic E-state index is 6.30. The van der Waals surface area contributed by atoms with Crippen LogP contribution in [0.25, 0.3) is 21.5 Å². The molecule has 0 spiro atoms. The van der Waals surface area contributed by atoms with Gasteiger partial charge in [0.05, 0.1) is 13.2 Å². The third-order valence-corrected chi connectivity index (χ3v) is 6.77. The van der Waals surface area contributed by atoms with Gasteiger partial charge in [0, 0.05) is 5.92 Å². The van der Waals surface area contributed by atoms with Gasteiger partial charge in [-0.15, -0.1) is 0 Å². The van der Waals surface area contributed by atoms with E-state index in [1.165, 1.54) is 40.8 Å². The van der Waals surface area contributed by atoms with Gasteiger partial charge in [-0.2, -0.15) is 0 Å². The Morgan fingerprint density at radius 3 is 1.68 bits per heavy atom. The minimum atomic E-state index is 0.392. The Kier molecular flexibility index (Phi) is 5.80. The molecule has 4 aromatic rings. The summed E-state index contributed by atoms with van der Waals surface area (Å²) in [6, 6.07) is 29.6. The van der Waals surface area contributed by atoms with E-state index in [0.29, 0.717) is 25.0 Å². The molecule has 2 atom stereocenters. The summed E-state index contributed by atoms with van der Waals surface area (Å²) in [5, 5.41) is 4.93. The Labute approximate surface area is 184 Å². The van der Waals surface area contributed by atoms with E-state index in [9.17, 15) is 0 Å². The molecule has 31 heavy (non-hydrogen) atoms. The molecule has 1 fully saturated rings. The monoisotopic (exact) mass is 410 g/mol. The van der Waals surface area contributed by atoms with Gasteiger partial charge in [0.2, 0.25) is 0 Å². The van der Waals surface area contributed by atoms with E-state index in [1.54, 1.807) is 0 Å². The van der Waals surface area contributed by atoms with E-state index < -0.39 is 0 Å². The smallest absolute Gasteiger partial charge is 0.119 e. The van der Waals surface area contributed by atoms with Crippen molar-refractivity contribution in [3.05, 3.63) is 84.9 Å². The summed E-state index contributed by atoms with van der Waals surface area (Å²) < 4.78 is 12.6. The maximum absolute atomic E-state index is 6.30. The van der Waals surface area contributed by atoms with Gasteiger partial charge in [-0.3, -0.25) is 0 Å². The lowest BCUT2D eigenvalue weighted by atomic mass is 9.91. The number of hydrogen-bond donors (Lipinski definition) is 0. The van der Waals surface area contributed by atoms with Gasteiger partial charge in [0.15, 0.2) is 0 Å². The first-order valence-corrected chi connectivity index (χ1v) is 11.5. The Hall–Kier alpha value is -3.00. The third kappa shape index (κ3) is 4.69. The zero-order chi connectivity index (χ0) is 21.0. The molecular weight excluding hydrogens is 380 g/mol. The van der Waals surface area contributed by atoms with E-state index in [1.807, 2.05) is 0 Å². The molecule has 0 N–H and O–H groups in total. The molecule has 4 aromatic carbocycles. The van der Waals surface area contributed by atoms with Gasteiger partial charge < -0.3 is 9.47 Å². The highest BCUT2D eigenvalue weighted by Gasteiger charge is 2.30. The van der Waals surface area contributed by atoms with Crippen LogP contribution in [0.15, 0.2) is 84.9 Å². The highest BCUT2D eigenvalue weighted by molar-refractivity contribution is 5.84. The molecule has 0 radical (unpaired) electrons. The van der Waals surface area contributed by atoms with E-state index >= 15 is 0 Å². The van der Waals surface area contributed by atoms with Crippen molar-refractivity contribution in [2.45, 2.75) is 26.2 Å². The molecule has 0 aromatic heterocycles. The minimum absolute atomic E-state index is 0.392. The average molecular weight is 411 g/mol. The molecule has 5 rings (SSSR count). The summed E-state index contributed by atoms with van der Waals surface area (Å²) >= 11 is 0. The summed E-state index contributed by atoms with van der Waals surface area (Å²) in [6.07, 6.45) is 3.86. The molecule has 1 saturated carbocycles. The lowest BCUT2D eigenvalue weighted by Gasteiger charge is -2.24. The van der Waals surface area contributed by atoms with Crippen molar-refractivity contribution in [2.75, 3.05) is 13.2 Å². The van der Waals surface area contributed by atoms with Gasteiger partial charge in [0.25, 0.3) is 0 Å². The van der Waals surface area contributed by atoms with Crippen molar-refractivity contribution in [1.29, 1.82) is 0 Å². The molecular formula is C29H30O2. The van der Waals surface area contributed by atoms with Gasteiger partial charge in [-0.05, 0) is 70.5 Å². The Bertz CT molecular complexity index is 1080. The molecule has 2 nitrogen and oxygen atoms in total. The van der Waals surface area contributed by atoms with Crippen LogP contribution in [-0.2, 0) is 0 Å². The fourth-order valence-electron chi connectivity index (χ4n) is 4.92.